The van der Waals surface area contributed by atoms with Gasteiger partial charge in [0, 0.05) is 15.9 Å². The normalized spacial score (nSPS) is 11.5. The van der Waals surface area contributed by atoms with Gasteiger partial charge in [-0.25, -0.2) is 8.42 Å². The van der Waals surface area contributed by atoms with Gasteiger partial charge < -0.3 is 10.1 Å². The maximum absolute atomic E-state index is 12.9. The summed E-state index contributed by atoms with van der Waals surface area (Å²) in [5, 5.41) is 4.66. The van der Waals surface area contributed by atoms with Gasteiger partial charge >= 0.3 is 0 Å². The highest BCUT2D eigenvalue weighted by Crippen LogP contribution is 2.29. The average Bonchev–Trinajstić information content (AvgIpc) is 3.11. The molecule has 0 fully saturated rings. The van der Waals surface area contributed by atoms with Crippen LogP contribution in [0.3, 0.4) is 0 Å². The van der Waals surface area contributed by atoms with Crippen LogP contribution in [0.2, 0.25) is 0 Å². The van der Waals surface area contributed by atoms with E-state index in [1.165, 1.54) is 24.5 Å². The van der Waals surface area contributed by atoms with Crippen molar-refractivity contribution in [2.24, 2.45) is 0 Å². The van der Waals surface area contributed by atoms with E-state index in [-0.39, 0.29) is 29.6 Å². The third-order valence-electron chi connectivity index (χ3n) is 3.46. The van der Waals surface area contributed by atoms with E-state index in [4.69, 9.17) is 4.74 Å². The topological polar surface area (TPSA) is 75.7 Å². The summed E-state index contributed by atoms with van der Waals surface area (Å²) < 4.78 is 32.7. The Labute approximate surface area is 160 Å². The standard InChI is InChI=1S/C16H19BrN2O4S2/c1-3-19(11-16(20)18-10-13-5-4-8-24-13)25(21,22)15-9-12(17)6-7-14(15)23-2/h4-9H,3,10-11H2,1-2H3,(H,18,20). The highest BCUT2D eigenvalue weighted by atomic mass is 79.9. The maximum Gasteiger partial charge on any atom is 0.247 e. The molecular formula is C16H19BrN2O4S2. The van der Waals surface area contributed by atoms with Crippen LogP contribution in [0, 0.1) is 0 Å². The first-order chi connectivity index (χ1) is 11.9. The van der Waals surface area contributed by atoms with Crippen molar-refractivity contribution in [2.45, 2.75) is 18.4 Å². The van der Waals surface area contributed by atoms with Gasteiger partial charge in [-0.1, -0.05) is 28.9 Å². The summed E-state index contributed by atoms with van der Waals surface area (Å²) >= 11 is 4.80. The van der Waals surface area contributed by atoms with E-state index in [1.807, 2.05) is 17.5 Å². The van der Waals surface area contributed by atoms with Crippen molar-refractivity contribution in [1.29, 1.82) is 0 Å². The molecule has 0 unspecified atom stereocenters. The third-order valence-corrected chi connectivity index (χ3v) is 6.77. The number of hydrogen-bond donors (Lipinski definition) is 1. The first-order valence-electron chi connectivity index (χ1n) is 7.51. The Morgan fingerprint density at radius 2 is 2.12 bits per heavy atom. The van der Waals surface area contributed by atoms with E-state index in [1.54, 1.807) is 19.1 Å². The molecule has 1 amide bonds. The molecule has 0 aliphatic heterocycles. The molecule has 6 nitrogen and oxygen atoms in total. The SMILES string of the molecule is CCN(CC(=O)NCc1cccs1)S(=O)(=O)c1cc(Br)ccc1OC. The van der Waals surface area contributed by atoms with Crippen LogP contribution in [-0.2, 0) is 21.4 Å². The molecule has 2 rings (SSSR count). The van der Waals surface area contributed by atoms with Crippen LogP contribution in [-0.4, -0.2) is 38.8 Å². The van der Waals surface area contributed by atoms with Crippen molar-refractivity contribution in [3.05, 3.63) is 45.1 Å². The van der Waals surface area contributed by atoms with Crippen molar-refractivity contribution >= 4 is 43.2 Å². The number of thiophene rings is 1. The van der Waals surface area contributed by atoms with Crippen molar-refractivity contribution < 1.29 is 17.9 Å². The molecule has 9 heteroatoms. The number of likely N-dealkylation sites (N-methyl/N-ethyl adjacent to an activating group) is 1. The van der Waals surface area contributed by atoms with Gasteiger partial charge in [0.05, 0.1) is 20.2 Å². The second-order valence-corrected chi connectivity index (χ2v) is 8.94. The molecule has 1 N–H and O–H groups in total. The van der Waals surface area contributed by atoms with E-state index in [2.05, 4.69) is 21.2 Å². The zero-order valence-electron chi connectivity index (χ0n) is 13.9. The number of halogens is 1. The Bertz CT molecular complexity index is 823. The molecule has 0 spiro atoms. The monoisotopic (exact) mass is 446 g/mol. The summed E-state index contributed by atoms with van der Waals surface area (Å²) in [6.07, 6.45) is 0. The summed E-state index contributed by atoms with van der Waals surface area (Å²) in [4.78, 5) is 13.2. The van der Waals surface area contributed by atoms with Crippen LogP contribution in [0.25, 0.3) is 0 Å². The smallest absolute Gasteiger partial charge is 0.247 e. The second-order valence-electron chi connectivity index (χ2n) is 5.08. The quantitative estimate of drug-likeness (QED) is 0.676. The molecule has 2 aromatic rings. The Balaban J connectivity index is 2.15. The minimum absolute atomic E-state index is 0.0253. The van der Waals surface area contributed by atoms with Crippen LogP contribution < -0.4 is 10.1 Å². The van der Waals surface area contributed by atoms with Crippen LogP contribution in [0.5, 0.6) is 5.75 Å². The Hall–Kier alpha value is -1.42. The molecule has 1 aromatic heterocycles. The van der Waals surface area contributed by atoms with Gasteiger partial charge in [-0.05, 0) is 29.6 Å². The Morgan fingerprint density at radius 1 is 1.36 bits per heavy atom. The number of benzene rings is 1. The zero-order chi connectivity index (χ0) is 18.4. The molecule has 0 aliphatic rings. The van der Waals surface area contributed by atoms with Crippen molar-refractivity contribution in [3.8, 4) is 5.75 Å². The fraction of sp³-hybridized carbons (Fsp3) is 0.312. The number of carbonyl (C=O) groups is 1. The first kappa shape index (κ1) is 19.9. The highest BCUT2D eigenvalue weighted by Gasteiger charge is 2.28. The van der Waals surface area contributed by atoms with E-state index >= 15 is 0 Å². The third kappa shape index (κ3) is 5.04. The number of rotatable bonds is 8. The minimum Gasteiger partial charge on any atom is -0.495 e. The lowest BCUT2D eigenvalue weighted by Crippen LogP contribution is -2.40. The Morgan fingerprint density at radius 3 is 2.72 bits per heavy atom. The van der Waals surface area contributed by atoms with Crippen molar-refractivity contribution in [3.63, 3.8) is 0 Å². The lowest BCUT2D eigenvalue weighted by atomic mass is 10.3. The first-order valence-corrected chi connectivity index (χ1v) is 10.6. The van der Waals surface area contributed by atoms with E-state index in [9.17, 15) is 13.2 Å². The maximum atomic E-state index is 12.9. The number of amides is 1. The molecule has 0 radical (unpaired) electrons. The van der Waals surface area contributed by atoms with Gasteiger partial charge in [0.15, 0.2) is 0 Å². The molecule has 1 aromatic carbocycles. The van der Waals surface area contributed by atoms with E-state index in [0.29, 0.717) is 11.0 Å². The number of methoxy groups -OCH3 is 1. The highest BCUT2D eigenvalue weighted by molar-refractivity contribution is 9.10. The number of ether oxygens (including phenoxy) is 1. The summed E-state index contributed by atoms with van der Waals surface area (Å²) in [7, 11) is -2.45. The summed E-state index contributed by atoms with van der Waals surface area (Å²) in [6.45, 7) is 1.99. The number of hydrogen-bond acceptors (Lipinski definition) is 5. The molecular weight excluding hydrogens is 428 g/mol. The van der Waals surface area contributed by atoms with Crippen molar-refractivity contribution in [2.75, 3.05) is 20.2 Å². The van der Waals surface area contributed by atoms with Gasteiger partial charge in [0.25, 0.3) is 0 Å². The van der Waals surface area contributed by atoms with Crippen LogP contribution in [0.15, 0.2) is 45.1 Å². The van der Waals surface area contributed by atoms with Crippen LogP contribution >= 0.6 is 27.3 Å². The van der Waals surface area contributed by atoms with Crippen LogP contribution in [0.1, 0.15) is 11.8 Å². The summed E-state index contributed by atoms with van der Waals surface area (Å²) in [5.41, 5.74) is 0. The second kappa shape index (κ2) is 8.79. The summed E-state index contributed by atoms with van der Waals surface area (Å²) in [5.74, 6) is -0.117. The zero-order valence-corrected chi connectivity index (χ0v) is 17.1. The number of carbonyl (C=O) groups excluding carboxylic acids is 1. The summed E-state index contributed by atoms with van der Waals surface area (Å²) in [6, 6.07) is 8.55. The predicted octanol–water partition coefficient (Wildman–Crippen LogP) is 2.85. The molecule has 0 atom stereocenters. The molecule has 1 heterocycles. The van der Waals surface area contributed by atoms with Crippen molar-refractivity contribution in [1.82, 2.24) is 9.62 Å². The van der Waals surface area contributed by atoms with Crippen LogP contribution in [0.4, 0.5) is 0 Å². The largest absolute Gasteiger partial charge is 0.495 e. The van der Waals surface area contributed by atoms with E-state index in [0.717, 1.165) is 9.18 Å². The fourth-order valence-corrected chi connectivity index (χ4v) is 4.92. The lowest BCUT2D eigenvalue weighted by Gasteiger charge is -2.21. The average molecular weight is 447 g/mol. The van der Waals surface area contributed by atoms with Gasteiger partial charge in [-0.15, -0.1) is 11.3 Å². The fourth-order valence-electron chi connectivity index (χ4n) is 2.17. The number of sulfonamides is 1. The molecule has 136 valence electrons. The van der Waals surface area contributed by atoms with Gasteiger partial charge in [-0.2, -0.15) is 4.31 Å². The predicted molar refractivity (Wildman–Crippen MR) is 101 cm³/mol. The molecule has 0 bridgehead atoms. The lowest BCUT2D eigenvalue weighted by molar-refractivity contribution is -0.121. The number of nitrogens with zero attached hydrogens (tertiary/aromatic N) is 1. The van der Waals surface area contributed by atoms with Gasteiger partial charge in [0.1, 0.15) is 10.6 Å². The van der Waals surface area contributed by atoms with Gasteiger partial charge in [0.2, 0.25) is 15.9 Å². The molecule has 25 heavy (non-hydrogen) atoms. The van der Waals surface area contributed by atoms with E-state index < -0.39 is 10.0 Å². The Kier molecular flexibility index (Phi) is 7.00. The molecule has 0 saturated heterocycles. The molecule has 0 saturated carbocycles. The van der Waals surface area contributed by atoms with Gasteiger partial charge in [-0.3, -0.25) is 4.79 Å². The minimum atomic E-state index is -3.86. The number of nitrogens with one attached hydrogen (secondary N) is 1. The molecule has 0 aliphatic carbocycles.